The van der Waals surface area contributed by atoms with E-state index in [4.69, 9.17) is 11.6 Å². The van der Waals surface area contributed by atoms with Crippen LogP contribution in [0.2, 0.25) is 5.02 Å². The predicted molar refractivity (Wildman–Crippen MR) is 125 cm³/mol. The predicted octanol–water partition coefficient (Wildman–Crippen LogP) is 3.28. The largest absolute Gasteiger partial charge is 0.480 e. The van der Waals surface area contributed by atoms with Crippen LogP contribution < -0.4 is 10.9 Å². The highest BCUT2D eigenvalue weighted by Crippen LogP contribution is 2.20. The van der Waals surface area contributed by atoms with Crippen LogP contribution in [0.1, 0.15) is 49.9 Å². The molecule has 1 aromatic carbocycles. The van der Waals surface area contributed by atoms with Crippen molar-refractivity contribution in [1.29, 1.82) is 0 Å². The average molecular weight is 463 g/mol. The van der Waals surface area contributed by atoms with E-state index in [0.29, 0.717) is 17.1 Å². The van der Waals surface area contributed by atoms with Gasteiger partial charge < -0.3 is 15.3 Å². The van der Waals surface area contributed by atoms with Gasteiger partial charge in [0.05, 0.1) is 0 Å². The minimum absolute atomic E-state index is 0.145. The van der Waals surface area contributed by atoms with Crippen LogP contribution in [0.3, 0.4) is 0 Å². The summed E-state index contributed by atoms with van der Waals surface area (Å²) in [6, 6.07) is 6.60. The Morgan fingerprint density at radius 2 is 1.91 bits per heavy atom. The molecule has 0 atom stereocenters. The van der Waals surface area contributed by atoms with Crippen molar-refractivity contribution >= 4 is 23.5 Å². The number of carboxylic acids is 1. The van der Waals surface area contributed by atoms with Gasteiger partial charge in [-0.15, -0.1) is 0 Å². The lowest BCUT2D eigenvalue weighted by Crippen LogP contribution is -2.37. The highest BCUT2D eigenvalue weighted by molar-refractivity contribution is 6.30. The fourth-order valence-electron chi connectivity index (χ4n) is 3.57. The number of aliphatic carboxylic acids is 1. The number of amides is 1. The molecule has 2 heterocycles. The highest BCUT2D eigenvalue weighted by Gasteiger charge is 2.19. The van der Waals surface area contributed by atoms with E-state index >= 15 is 0 Å². The zero-order chi connectivity index (χ0) is 23.5. The van der Waals surface area contributed by atoms with Gasteiger partial charge in [-0.25, -0.2) is 4.98 Å². The molecule has 8 nitrogen and oxygen atoms in total. The summed E-state index contributed by atoms with van der Waals surface area (Å²) in [7, 11) is 0. The molecule has 1 aliphatic rings. The lowest BCUT2D eigenvalue weighted by atomic mass is 10.1. The molecular formula is C23H31ClN4O4. The highest BCUT2D eigenvalue weighted by atomic mass is 35.5. The van der Waals surface area contributed by atoms with E-state index < -0.39 is 24.0 Å². The number of carbonyl (C=O) groups excluding carboxylic acids is 1. The maximum atomic E-state index is 12.9. The van der Waals surface area contributed by atoms with Gasteiger partial charge in [0.15, 0.2) is 0 Å². The number of nitrogens with one attached hydrogen (secondary N) is 1. The van der Waals surface area contributed by atoms with Crippen LogP contribution in [0.5, 0.6) is 0 Å². The lowest BCUT2D eigenvalue weighted by Gasteiger charge is -2.26. The molecule has 2 N–H and O–H groups in total. The molecule has 0 unspecified atom stereocenters. The minimum atomic E-state index is -1.21. The first-order chi connectivity index (χ1) is 15.5. The van der Waals surface area contributed by atoms with E-state index in [-0.39, 0.29) is 11.4 Å². The van der Waals surface area contributed by atoms with Crippen LogP contribution in [0.25, 0.3) is 11.4 Å². The molecule has 1 amide bonds. The molecule has 1 fully saturated rings. The van der Waals surface area contributed by atoms with E-state index in [0.717, 1.165) is 30.6 Å². The van der Waals surface area contributed by atoms with E-state index in [2.05, 4.69) is 15.2 Å². The Balaban J connectivity index is 0.00000176. The zero-order valence-corrected chi connectivity index (χ0v) is 19.4. The first-order valence-corrected chi connectivity index (χ1v) is 11.4. The van der Waals surface area contributed by atoms with Gasteiger partial charge in [-0.1, -0.05) is 44.0 Å². The smallest absolute Gasteiger partial charge is 0.323 e. The molecule has 2 aromatic rings. The summed E-state index contributed by atoms with van der Waals surface area (Å²) in [5.74, 6) is -1.62. The quantitative estimate of drug-likeness (QED) is 0.583. The van der Waals surface area contributed by atoms with Crippen molar-refractivity contribution in [1.82, 2.24) is 19.8 Å². The molecule has 0 radical (unpaired) electrons. The number of aromatic nitrogens is 2. The van der Waals surface area contributed by atoms with Crippen LogP contribution in [0.15, 0.2) is 35.3 Å². The summed E-state index contributed by atoms with van der Waals surface area (Å²) in [5, 5.41) is 12.4. The van der Waals surface area contributed by atoms with Crippen LogP contribution >= 0.6 is 11.6 Å². The molecule has 1 saturated heterocycles. The second kappa shape index (κ2) is 13.0. The molecular weight excluding hydrogens is 432 g/mol. The van der Waals surface area contributed by atoms with E-state index in [9.17, 15) is 19.5 Å². The molecule has 9 heteroatoms. The molecule has 3 rings (SSSR count). The Morgan fingerprint density at radius 1 is 1.19 bits per heavy atom. The number of likely N-dealkylation sites (tertiary alicyclic amines) is 1. The first kappa shape index (κ1) is 25.5. The summed E-state index contributed by atoms with van der Waals surface area (Å²) in [6.07, 6.45) is 5.66. The normalized spacial score (nSPS) is 13.7. The third kappa shape index (κ3) is 7.17. The van der Waals surface area contributed by atoms with Crippen molar-refractivity contribution in [3.63, 3.8) is 0 Å². The van der Waals surface area contributed by atoms with Crippen molar-refractivity contribution in [3.8, 4) is 11.4 Å². The average Bonchev–Trinajstić information content (AvgIpc) is 2.79. The Hall–Kier alpha value is -2.71. The number of carbonyl (C=O) groups is 2. The molecule has 0 bridgehead atoms. The number of rotatable bonds is 8. The number of carboxylic acid groups (broad SMARTS) is 1. The third-order valence-electron chi connectivity index (χ3n) is 5.05. The molecule has 32 heavy (non-hydrogen) atoms. The van der Waals surface area contributed by atoms with E-state index in [1.807, 2.05) is 13.8 Å². The molecule has 174 valence electrons. The number of benzene rings is 1. The second-order valence-corrected chi connectivity index (χ2v) is 7.74. The van der Waals surface area contributed by atoms with Gasteiger partial charge in [-0.3, -0.25) is 19.0 Å². The molecule has 0 aliphatic carbocycles. The SMILES string of the molecule is CC.O=C(O)Cn1c(-c2cccc(Cl)c2)ncc(C(=O)NCCCN2CCCCC2)c1=O. The van der Waals surface area contributed by atoms with Crippen molar-refractivity contribution in [3.05, 3.63) is 51.4 Å². The third-order valence-corrected chi connectivity index (χ3v) is 5.29. The summed E-state index contributed by atoms with van der Waals surface area (Å²) >= 11 is 6.00. The summed E-state index contributed by atoms with van der Waals surface area (Å²) in [6.45, 7) is 6.90. The summed E-state index contributed by atoms with van der Waals surface area (Å²) < 4.78 is 0.983. The van der Waals surface area contributed by atoms with Gasteiger partial charge in [-0.05, 0) is 51.0 Å². The van der Waals surface area contributed by atoms with Crippen molar-refractivity contribution < 1.29 is 14.7 Å². The molecule has 0 saturated carbocycles. The molecule has 1 aliphatic heterocycles. The summed E-state index contributed by atoms with van der Waals surface area (Å²) in [4.78, 5) is 43.2. The Kier molecular flexibility index (Phi) is 10.4. The van der Waals surface area contributed by atoms with Gasteiger partial charge in [0.25, 0.3) is 11.5 Å². The van der Waals surface area contributed by atoms with Gasteiger partial charge >= 0.3 is 5.97 Å². The zero-order valence-electron chi connectivity index (χ0n) is 18.6. The van der Waals surface area contributed by atoms with Crippen molar-refractivity contribution in [2.24, 2.45) is 0 Å². The van der Waals surface area contributed by atoms with Gasteiger partial charge in [0.1, 0.15) is 17.9 Å². The van der Waals surface area contributed by atoms with Gasteiger partial charge in [0.2, 0.25) is 0 Å². The first-order valence-electron chi connectivity index (χ1n) is 11.0. The molecule has 1 aromatic heterocycles. The Bertz CT molecular complexity index is 971. The maximum absolute atomic E-state index is 12.9. The minimum Gasteiger partial charge on any atom is -0.480 e. The lowest BCUT2D eigenvalue weighted by molar-refractivity contribution is -0.137. The Labute approximate surface area is 193 Å². The number of hydrogen-bond donors (Lipinski definition) is 2. The van der Waals surface area contributed by atoms with Crippen LogP contribution in [-0.4, -0.2) is 57.6 Å². The van der Waals surface area contributed by atoms with Gasteiger partial charge in [0, 0.05) is 23.3 Å². The fourth-order valence-corrected chi connectivity index (χ4v) is 3.76. The van der Waals surface area contributed by atoms with E-state index in [1.165, 1.54) is 25.5 Å². The Morgan fingerprint density at radius 3 is 2.56 bits per heavy atom. The number of halogens is 1. The molecule has 0 spiro atoms. The standard InChI is InChI=1S/C21H25ClN4O4.C2H6/c22-16-7-4-6-15(12-16)19-24-13-17(21(30)26(19)14-18(27)28)20(29)23-8-5-11-25-9-2-1-3-10-25;1-2/h4,6-7,12-13H,1-3,5,8-11,14H2,(H,23,29)(H,27,28);1-2H3. The number of nitrogens with zero attached hydrogens (tertiary/aromatic N) is 3. The fraction of sp³-hybridized carbons (Fsp3) is 0.478. The van der Waals surface area contributed by atoms with Crippen molar-refractivity contribution in [2.45, 2.75) is 46.1 Å². The second-order valence-electron chi connectivity index (χ2n) is 7.30. The monoisotopic (exact) mass is 462 g/mol. The number of hydrogen-bond acceptors (Lipinski definition) is 5. The maximum Gasteiger partial charge on any atom is 0.323 e. The van der Waals surface area contributed by atoms with Crippen molar-refractivity contribution in [2.75, 3.05) is 26.2 Å². The van der Waals surface area contributed by atoms with Crippen LogP contribution in [-0.2, 0) is 11.3 Å². The topological polar surface area (TPSA) is 105 Å². The van der Waals surface area contributed by atoms with Crippen LogP contribution in [0, 0.1) is 0 Å². The summed E-state index contributed by atoms with van der Waals surface area (Å²) in [5.41, 5.74) is -0.384. The van der Waals surface area contributed by atoms with Gasteiger partial charge in [-0.2, -0.15) is 0 Å². The van der Waals surface area contributed by atoms with E-state index in [1.54, 1.807) is 24.3 Å². The number of piperidine rings is 1. The van der Waals surface area contributed by atoms with Crippen LogP contribution in [0.4, 0.5) is 0 Å².